The fourth-order valence-corrected chi connectivity index (χ4v) is 3.15. The van der Waals surface area contributed by atoms with Crippen molar-refractivity contribution in [3.8, 4) is 22.6 Å². The van der Waals surface area contributed by atoms with E-state index in [4.69, 9.17) is 16.1 Å². The predicted octanol–water partition coefficient (Wildman–Crippen LogP) is 5.37. The highest BCUT2D eigenvalue weighted by Crippen LogP contribution is 2.42. The lowest BCUT2D eigenvalue weighted by molar-refractivity contribution is -0.144. The molecule has 0 spiro atoms. The smallest absolute Gasteiger partial charge is 0.433 e. The Morgan fingerprint density at radius 3 is 2.59 bits per heavy atom. The van der Waals surface area contributed by atoms with Gasteiger partial charge in [-0.2, -0.15) is 18.3 Å². The Labute approximate surface area is 166 Å². The number of carbonyl (C=O) groups is 1. The molecule has 0 unspecified atom stereocenters. The summed E-state index contributed by atoms with van der Waals surface area (Å²) in [4.78, 5) is 11.8. The van der Waals surface area contributed by atoms with Crippen molar-refractivity contribution in [2.45, 2.75) is 26.6 Å². The summed E-state index contributed by atoms with van der Waals surface area (Å²) >= 11 is 5.95. The van der Waals surface area contributed by atoms with Gasteiger partial charge in [0.15, 0.2) is 11.5 Å². The van der Waals surface area contributed by atoms with Crippen LogP contribution >= 0.6 is 11.6 Å². The molecule has 11 heteroatoms. The quantitative estimate of drug-likeness (QED) is 0.549. The summed E-state index contributed by atoms with van der Waals surface area (Å²) in [7, 11) is 0. The normalized spacial score (nSPS) is 12.0. The fourth-order valence-electron chi connectivity index (χ4n) is 2.90. The van der Waals surface area contributed by atoms with Crippen LogP contribution in [0.5, 0.6) is 0 Å². The highest BCUT2D eigenvalue weighted by molar-refractivity contribution is 6.33. The lowest BCUT2D eigenvalue weighted by Gasteiger charge is -2.13. The van der Waals surface area contributed by atoms with E-state index in [1.54, 1.807) is 13.8 Å². The van der Waals surface area contributed by atoms with E-state index in [9.17, 15) is 27.5 Å². The van der Waals surface area contributed by atoms with Crippen LogP contribution in [0.1, 0.15) is 29.9 Å². The van der Waals surface area contributed by atoms with Crippen LogP contribution in [0.3, 0.4) is 0 Å². The van der Waals surface area contributed by atoms with Gasteiger partial charge in [-0.25, -0.2) is 9.18 Å². The minimum atomic E-state index is -4.85. The SMILES string of the molecule is CC(C)Cn1ncc(-c2onc(-c3c(F)cccc3Cl)c2C(=O)O)c1C(F)(F)F. The number of aromatic carboxylic acids is 1. The number of halogens is 5. The second-order valence-electron chi connectivity index (χ2n) is 6.62. The average molecular weight is 432 g/mol. The molecule has 154 valence electrons. The van der Waals surface area contributed by atoms with Crippen molar-refractivity contribution in [3.63, 3.8) is 0 Å². The lowest BCUT2D eigenvalue weighted by atomic mass is 10.0. The molecule has 0 aliphatic heterocycles. The maximum atomic E-state index is 14.3. The Bertz CT molecular complexity index is 1050. The van der Waals surface area contributed by atoms with Crippen molar-refractivity contribution < 1.29 is 32.0 Å². The van der Waals surface area contributed by atoms with Gasteiger partial charge >= 0.3 is 12.1 Å². The molecule has 29 heavy (non-hydrogen) atoms. The van der Waals surface area contributed by atoms with Crippen LogP contribution in [-0.4, -0.2) is 26.0 Å². The molecule has 0 aliphatic carbocycles. The number of hydrogen-bond donors (Lipinski definition) is 1. The standard InChI is InChI=1S/C18H14ClF4N3O3/c1-8(2)7-26-16(18(21,22)23)9(6-24-26)15-13(17(27)28)14(25-29-15)12-10(19)4-3-5-11(12)20/h3-6,8H,7H2,1-2H3,(H,27,28). The van der Waals surface area contributed by atoms with Crippen molar-refractivity contribution in [1.82, 2.24) is 14.9 Å². The molecule has 0 atom stereocenters. The zero-order chi connectivity index (χ0) is 21.5. The number of hydrogen-bond acceptors (Lipinski definition) is 4. The molecule has 1 N–H and O–H groups in total. The van der Waals surface area contributed by atoms with Gasteiger partial charge in [-0.15, -0.1) is 0 Å². The highest BCUT2D eigenvalue weighted by Gasteiger charge is 2.41. The highest BCUT2D eigenvalue weighted by atomic mass is 35.5. The van der Waals surface area contributed by atoms with Gasteiger partial charge in [-0.05, 0) is 18.1 Å². The number of carboxylic acids is 1. The van der Waals surface area contributed by atoms with Gasteiger partial charge in [0.2, 0.25) is 0 Å². The summed E-state index contributed by atoms with van der Waals surface area (Å²) in [5.41, 5.74) is -3.44. The van der Waals surface area contributed by atoms with Crippen molar-refractivity contribution >= 4 is 17.6 Å². The summed E-state index contributed by atoms with van der Waals surface area (Å²) in [5, 5.41) is 16.7. The molecule has 0 fully saturated rings. The summed E-state index contributed by atoms with van der Waals surface area (Å²) in [5.74, 6) is -3.40. The van der Waals surface area contributed by atoms with E-state index in [-0.39, 0.29) is 23.0 Å². The minimum absolute atomic E-state index is 0.0582. The number of rotatable bonds is 5. The molecule has 0 aliphatic rings. The third kappa shape index (κ3) is 3.84. The molecule has 2 aromatic heterocycles. The maximum Gasteiger partial charge on any atom is 0.433 e. The molecule has 0 bridgehead atoms. The summed E-state index contributed by atoms with van der Waals surface area (Å²) in [6, 6.07) is 3.60. The molecule has 0 saturated heterocycles. The van der Waals surface area contributed by atoms with E-state index in [1.807, 2.05) is 0 Å². The van der Waals surface area contributed by atoms with Crippen LogP contribution in [0, 0.1) is 11.7 Å². The van der Waals surface area contributed by atoms with Gasteiger partial charge in [0.05, 0.1) is 22.3 Å². The first-order valence-corrected chi connectivity index (χ1v) is 8.70. The number of nitrogens with zero attached hydrogens (tertiary/aromatic N) is 3. The van der Waals surface area contributed by atoms with Gasteiger partial charge in [0, 0.05) is 6.54 Å². The van der Waals surface area contributed by atoms with Gasteiger partial charge in [-0.1, -0.05) is 36.7 Å². The van der Waals surface area contributed by atoms with Gasteiger partial charge in [0.25, 0.3) is 0 Å². The summed E-state index contributed by atoms with van der Waals surface area (Å²) in [6.07, 6.45) is -4.00. The zero-order valence-electron chi connectivity index (χ0n) is 15.1. The van der Waals surface area contributed by atoms with E-state index in [0.717, 1.165) is 16.9 Å². The molecular formula is C18H14ClF4N3O3. The minimum Gasteiger partial charge on any atom is -0.477 e. The summed E-state index contributed by atoms with van der Waals surface area (Å²) < 4.78 is 61.1. The van der Waals surface area contributed by atoms with Crippen LogP contribution < -0.4 is 0 Å². The number of benzene rings is 1. The van der Waals surface area contributed by atoms with Crippen LogP contribution in [0.15, 0.2) is 28.9 Å². The zero-order valence-corrected chi connectivity index (χ0v) is 15.8. The molecule has 3 aromatic rings. The van der Waals surface area contributed by atoms with Crippen LogP contribution in [0.25, 0.3) is 22.6 Å². The molecule has 1 aromatic carbocycles. The van der Waals surface area contributed by atoms with Crippen LogP contribution in [0.2, 0.25) is 5.02 Å². The number of carboxylic acid groups (broad SMARTS) is 1. The average Bonchev–Trinajstić information content (AvgIpc) is 3.17. The molecule has 0 saturated carbocycles. The molecule has 0 radical (unpaired) electrons. The monoisotopic (exact) mass is 431 g/mol. The largest absolute Gasteiger partial charge is 0.477 e. The Balaban J connectivity index is 2.28. The van der Waals surface area contributed by atoms with E-state index in [0.29, 0.717) is 0 Å². The molecule has 0 amide bonds. The topological polar surface area (TPSA) is 81.2 Å². The Morgan fingerprint density at radius 1 is 1.34 bits per heavy atom. The summed E-state index contributed by atoms with van der Waals surface area (Å²) in [6.45, 7) is 3.35. The van der Waals surface area contributed by atoms with E-state index < -0.39 is 46.2 Å². The number of aromatic nitrogens is 3. The van der Waals surface area contributed by atoms with Crippen LogP contribution in [0.4, 0.5) is 17.6 Å². The van der Waals surface area contributed by atoms with Gasteiger partial charge < -0.3 is 9.63 Å². The van der Waals surface area contributed by atoms with Gasteiger partial charge in [-0.3, -0.25) is 4.68 Å². The van der Waals surface area contributed by atoms with Crippen molar-refractivity contribution in [2.24, 2.45) is 5.92 Å². The first kappa shape index (κ1) is 20.8. The van der Waals surface area contributed by atoms with Crippen LogP contribution in [-0.2, 0) is 12.7 Å². The first-order chi connectivity index (χ1) is 13.5. The second-order valence-corrected chi connectivity index (χ2v) is 7.02. The maximum absolute atomic E-state index is 14.3. The third-order valence-electron chi connectivity index (χ3n) is 4.00. The second kappa shape index (κ2) is 7.51. The molecular weight excluding hydrogens is 418 g/mol. The van der Waals surface area contributed by atoms with Crippen molar-refractivity contribution in [3.05, 3.63) is 46.5 Å². The van der Waals surface area contributed by atoms with Crippen molar-refractivity contribution in [1.29, 1.82) is 0 Å². The molecule has 3 rings (SSSR count). The Hall–Kier alpha value is -2.88. The fraction of sp³-hybridized carbons (Fsp3) is 0.278. The molecule has 6 nitrogen and oxygen atoms in total. The first-order valence-electron chi connectivity index (χ1n) is 8.33. The van der Waals surface area contributed by atoms with E-state index >= 15 is 0 Å². The predicted molar refractivity (Wildman–Crippen MR) is 94.9 cm³/mol. The Morgan fingerprint density at radius 2 is 2.03 bits per heavy atom. The Kier molecular flexibility index (Phi) is 5.40. The lowest BCUT2D eigenvalue weighted by Crippen LogP contribution is -2.18. The van der Waals surface area contributed by atoms with Crippen molar-refractivity contribution in [2.75, 3.05) is 0 Å². The van der Waals surface area contributed by atoms with Gasteiger partial charge in [0.1, 0.15) is 17.1 Å². The van der Waals surface area contributed by atoms with E-state index in [1.165, 1.54) is 12.1 Å². The third-order valence-corrected chi connectivity index (χ3v) is 4.31. The molecule has 2 heterocycles. The number of alkyl halides is 3. The van der Waals surface area contributed by atoms with E-state index in [2.05, 4.69) is 10.3 Å².